The highest BCUT2D eigenvalue weighted by atomic mass is 79.9. The van der Waals surface area contributed by atoms with E-state index in [1.165, 1.54) is 16.7 Å². The van der Waals surface area contributed by atoms with E-state index in [2.05, 4.69) is 59.3 Å². The molecular formula is C18H20BrNO. The molecule has 0 saturated heterocycles. The monoisotopic (exact) mass is 345 g/mol. The van der Waals surface area contributed by atoms with Crippen molar-refractivity contribution in [3.05, 3.63) is 63.6 Å². The first kappa shape index (κ1) is 14.6. The fourth-order valence-electron chi connectivity index (χ4n) is 3.02. The van der Waals surface area contributed by atoms with Gasteiger partial charge in [0.1, 0.15) is 5.75 Å². The molecule has 0 aliphatic carbocycles. The van der Waals surface area contributed by atoms with Crippen molar-refractivity contribution in [1.29, 1.82) is 0 Å². The van der Waals surface area contributed by atoms with Crippen LogP contribution < -0.4 is 10.5 Å². The molecule has 2 N–H and O–H groups in total. The number of halogens is 1. The Balaban J connectivity index is 1.99. The van der Waals surface area contributed by atoms with Crippen molar-refractivity contribution in [3.63, 3.8) is 0 Å². The van der Waals surface area contributed by atoms with Crippen LogP contribution in [0.1, 0.15) is 30.0 Å². The normalized spacial score (nSPS) is 16.1. The Morgan fingerprint density at radius 3 is 2.71 bits per heavy atom. The molecule has 3 heteroatoms. The average Bonchev–Trinajstić information content (AvgIpc) is 2.96. The minimum absolute atomic E-state index is 0.359. The molecular weight excluding hydrogens is 326 g/mol. The second-order valence-electron chi connectivity index (χ2n) is 5.70. The lowest BCUT2D eigenvalue weighted by Gasteiger charge is -2.29. The zero-order valence-electron chi connectivity index (χ0n) is 12.2. The molecule has 1 heterocycles. The third kappa shape index (κ3) is 2.85. The molecule has 110 valence electrons. The number of ether oxygens (including phenoxy) is 1. The predicted molar refractivity (Wildman–Crippen MR) is 89.6 cm³/mol. The Hall–Kier alpha value is -1.32. The van der Waals surface area contributed by atoms with E-state index < -0.39 is 0 Å². The van der Waals surface area contributed by atoms with E-state index in [0.717, 1.165) is 36.1 Å². The van der Waals surface area contributed by atoms with E-state index >= 15 is 0 Å². The van der Waals surface area contributed by atoms with Crippen LogP contribution in [-0.4, -0.2) is 6.61 Å². The van der Waals surface area contributed by atoms with Gasteiger partial charge < -0.3 is 10.5 Å². The molecule has 0 saturated carbocycles. The smallest absolute Gasteiger partial charge is 0.125 e. The summed E-state index contributed by atoms with van der Waals surface area (Å²) in [5, 5.41) is 0. The average molecular weight is 346 g/mol. The Labute approximate surface area is 134 Å². The third-order valence-corrected chi connectivity index (χ3v) is 4.77. The first-order valence-electron chi connectivity index (χ1n) is 7.41. The molecule has 21 heavy (non-hydrogen) atoms. The molecule has 2 aromatic rings. The lowest BCUT2D eigenvalue weighted by atomic mass is 9.82. The molecule has 1 aliphatic heterocycles. The second kappa shape index (κ2) is 5.82. The van der Waals surface area contributed by atoms with Crippen LogP contribution in [0.2, 0.25) is 0 Å². The highest BCUT2D eigenvalue weighted by Crippen LogP contribution is 2.37. The maximum atomic E-state index is 6.72. The molecule has 1 unspecified atom stereocenters. The van der Waals surface area contributed by atoms with Gasteiger partial charge in [0.05, 0.1) is 6.61 Å². The van der Waals surface area contributed by atoms with Crippen LogP contribution in [0.4, 0.5) is 0 Å². The Kier molecular flexibility index (Phi) is 4.05. The van der Waals surface area contributed by atoms with E-state index in [1.54, 1.807) is 0 Å². The molecule has 0 bridgehead atoms. The molecule has 1 atom stereocenters. The van der Waals surface area contributed by atoms with Gasteiger partial charge in [-0.3, -0.25) is 0 Å². The van der Waals surface area contributed by atoms with Gasteiger partial charge in [0, 0.05) is 16.4 Å². The van der Waals surface area contributed by atoms with Gasteiger partial charge in [0.2, 0.25) is 0 Å². The van der Waals surface area contributed by atoms with Crippen molar-refractivity contribution in [2.45, 2.75) is 31.7 Å². The van der Waals surface area contributed by atoms with Crippen LogP contribution >= 0.6 is 15.9 Å². The SMILES string of the molecule is CCC(N)(Cc1cc(Br)cc2c1OCC2)c1ccccc1. The summed E-state index contributed by atoms with van der Waals surface area (Å²) < 4.78 is 6.94. The first-order chi connectivity index (χ1) is 10.1. The summed E-state index contributed by atoms with van der Waals surface area (Å²) in [6.07, 6.45) is 2.66. The van der Waals surface area contributed by atoms with E-state index in [-0.39, 0.29) is 5.54 Å². The zero-order valence-corrected chi connectivity index (χ0v) is 13.8. The Morgan fingerprint density at radius 2 is 2.00 bits per heavy atom. The van der Waals surface area contributed by atoms with Crippen molar-refractivity contribution < 1.29 is 4.74 Å². The molecule has 3 rings (SSSR count). The molecule has 2 aromatic carbocycles. The maximum absolute atomic E-state index is 6.72. The first-order valence-corrected chi connectivity index (χ1v) is 8.20. The minimum Gasteiger partial charge on any atom is -0.493 e. The quantitative estimate of drug-likeness (QED) is 0.901. The topological polar surface area (TPSA) is 35.2 Å². The summed E-state index contributed by atoms with van der Waals surface area (Å²) in [6.45, 7) is 2.92. The van der Waals surface area contributed by atoms with Crippen LogP contribution in [0.3, 0.4) is 0 Å². The Bertz CT molecular complexity index is 641. The van der Waals surface area contributed by atoms with Crippen LogP contribution in [0.5, 0.6) is 5.75 Å². The third-order valence-electron chi connectivity index (χ3n) is 4.31. The summed E-state index contributed by atoms with van der Waals surface area (Å²) in [7, 11) is 0. The molecule has 0 aromatic heterocycles. The lowest BCUT2D eigenvalue weighted by molar-refractivity contribution is 0.346. The highest BCUT2D eigenvalue weighted by Gasteiger charge is 2.28. The summed E-state index contributed by atoms with van der Waals surface area (Å²) in [6, 6.07) is 14.6. The molecule has 0 radical (unpaired) electrons. The largest absolute Gasteiger partial charge is 0.493 e. The summed E-state index contributed by atoms with van der Waals surface area (Å²) >= 11 is 3.61. The Morgan fingerprint density at radius 1 is 1.24 bits per heavy atom. The summed E-state index contributed by atoms with van der Waals surface area (Å²) in [5.74, 6) is 1.04. The van der Waals surface area contributed by atoms with Gasteiger partial charge in [-0.15, -0.1) is 0 Å². The molecule has 1 aliphatic rings. The van der Waals surface area contributed by atoms with Gasteiger partial charge in [-0.1, -0.05) is 53.2 Å². The van der Waals surface area contributed by atoms with Crippen LogP contribution in [0, 0.1) is 0 Å². The number of rotatable bonds is 4. The van der Waals surface area contributed by atoms with Gasteiger partial charge in [-0.2, -0.15) is 0 Å². The summed E-state index contributed by atoms with van der Waals surface area (Å²) in [4.78, 5) is 0. The van der Waals surface area contributed by atoms with Crippen molar-refractivity contribution in [2.24, 2.45) is 5.73 Å². The fourth-order valence-corrected chi connectivity index (χ4v) is 3.57. The van der Waals surface area contributed by atoms with E-state index in [0.29, 0.717) is 0 Å². The molecule has 0 fully saturated rings. The van der Waals surface area contributed by atoms with E-state index in [9.17, 15) is 0 Å². The highest BCUT2D eigenvalue weighted by molar-refractivity contribution is 9.10. The van der Waals surface area contributed by atoms with E-state index in [4.69, 9.17) is 10.5 Å². The lowest BCUT2D eigenvalue weighted by Crippen LogP contribution is -2.38. The van der Waals surface area contributed by atoms with Gasteiger partial charge in [-0.25, -0.2) is 0 Å². The standard InChI is InChI=1S/C18H20BrNO/c1-2-18(20,15-6-4-3-5-7-15)12-14-11-16(19)10-13-8-9-21-17(13)14/h3-7,10-11H,2,8-9,12,20H2,1H3. The van der Waals surface area contributed by atoms with E-state index in [1.807, 2.05) is 6.07 Å². The second-order valence-corrected chi connectivity index (χ2v) is 6.62. The van der Waals surface area contributed by atoms with Crippen molar-refractivity contribution >= 4 is 15.9 Å². The zero-order chi connectivity index (χ0) is 14.9. The number of benzene rings is 2. The number of fused-ring (bicyclic) bond motifs is 1. The molecule has 0 amide bonds. The van der Waals surface area contributed by atoms with Crippen LogP contribution in [0.25, 0.3) is 0 Å². The predicted octanol–water partition coefficient (Wildman–Crippen LogP) is 4.19. The van der Waals surface area contributed by atoms with Crippen molar-refractivity contribution in [2.75, 3.05) is 6.61 Å². The minimum atomic E-state index is -0.359. The van der Waals surface area contributed by atoms with Gasteiger partial charge in [-0.05, 0) is 41.7 Å². The van der Waals surface area contributed by atoms with Crippen LogP contribution in [-0.2, 0) is 18.4 Å². The van der Waals surface area contributed by atoms with Crippen LogP contribution in [0.15, 0.2) is 46.9 Å². The summed E-state index contributed by atoms with van der Waals surface area (Å²) in [5.41, 5.74) is 10.0. The number of nitrogens with two attached hydrogens (primary N) is 1. The molecule has 2 nitrogen and oxygen atoms in total. The maximum Gasteiger partial charge on any atom is 0.125 e. The number of hydrogen-bond donors (Lipinski definition) is 1. The van der Waals surface area contributed by atoms with Gasteiger partial charge in [0.25, 0.3) is 0 Å². The fraction of sp³-hybridized carbons (Fsp3) is 0.333. The van der Waals surface area contributed by atoms with Gasteiger partial charge >= 0.3 is 0 Å². The number of hydrogen-bond acceptors (Lipinski definition) is 2. The molecule has 0 spiro atoms. The van der Waals surface area contributed by atoms with Crippen molar-refractivity contribution in [3.8, 4) is 5.75 Å². The van der Waals surface area contributed by atoms with Gasteiger partial charge in [0.15, 0.2) is 0 Å². The van der Waals surface area contributed by atoms with Crippen molar-refractivity contribution in [1.82, 2.24) is 0 Å².